The number of ether oxygens (including phenoxy) is 1. The van der Waals surface area contributed by atoms with Crippen LogP contribution in [0.2, 0.25) is 5.02 Å². The van der Waals surface area contributed by atoms with Crippen LogP contribution in [0.3, 0.4) is 0 Å². The highest BCUT2D eigenvalue weighted by Gasteiger charge is 2.25. The minimum Gasteiger partial charge on any atom is -0.495 e. The molecule has 150 valence electrons. The third-order valence-corrected chi connectivity index (χ3v) is 5.06. The first-order valence-corrected chi connectivity index (χ1v) is 9.61. The number of pyridine rings is 2. The molecule has 4 rings (SSSR count). The number of rotatable bonds is 6. The molecule has 0 bridgehead atoms. The monoisotopic (exact) mass is 419 g/mol. The van der Waals surface area contributed by atoms with Gasteiger partial charge in [0.15, 0.2) is 0 Å². The van der Waals surface area contributed by atoms with Crippen molar-refractivity contribution in [2.24, 2.45) is 0 Å². The Hall–Kier alpha value is -3.64. The Morgan fingerprint density at radius 3 is 2.63 bits per heavy atom. The predicted molar refractivity (Wildman–Crippen MR) is 115 cm³/mol. The summed E-state index contributed by atoms with van der Waals surface area (Å²) in [6.07, 6.45) is 5.03. The lowest BCUT2D eigenvalue weighted by atomic mass is 10.0. The SMILES string of the molecule is COc1ccc(-c2cc3ccccn3c2C(=O)C(=O)NCc2ccncc2)cc1Cl. The average molecular weight is 420 g/mol. The van der Waals surface area contributed by atoms with Crippen molar-refractivity contribution in [1.29, 1.82) is 0 Å². The van der Waals surface area contributed by atoms with Gasteiger partial charge in [-0.2, -0.15) is 0 Å². The van der Waals surface area contributed by atoms with E-state index in [2.05, 4.69) is 10.3 Å². The molecule has 6 nitrogen and oxygen atoms in total. The maximum absolute atomic E-state index is 13.1. The van der Waals surface area contributed by atoms with Gasteiger partial charge in [0, 0.05) is 36.2 Å². The van der Waals surface area contributed by atoms with E-state index >= 15 is 0 Å². The molecule has 0 spiro atoms. The van der Waals surface area contributed by atoms with Crippen LogP contribution in [0.25, 0.3) is 16.6 Å². The van der Waals surface area contributed by atoms with Crippen molar-refractivity contribution in [1.82, 2.24) is 14.7 Å². The van der Waals surface area contributed by atoms with Gasteiger partial charge in [0.25, 0.3) is 11.7 Å². The number of amides is 1. The lowest BCUT2D eigenvalue weighted by molar-refractivity contribution is -0.117. The van der Waals surface area contributed by atoms with Gasteiger partial charge in [0.2, 0.25) is 0 Å². The van der Waals surface area contributed by atoms with Crippen molar-refractivity contribution >= 4 is 28.8 Å². The Labute approximate surface area is 178 Å². The van der Waals surface area contributed by atoms with Crippen molar-refractivity contribution in [3.63, 3.8) is 0 Å². The molecular weight excluding hydrogens is 402 g/mol. The Morgan fingerprint density at radius 1 is 1.10 bits per heavy atom. The fraction of sp³-hybridized carbons (Fsp3) is 0.0870. The van der Waals surface area contributed by atoms with Crippen molar-refractivity contribution in [2.75, 3.05) is 7.11 Å². The van der Waals surface area contributed by atoms with E-state index in [9.17, 15) is 9.59 Å². The van der Waals surface area contributed by atoms with Crippen molar-refractivity contribution in [3.05, 3.63) is 89.5 Å². The van der Waals surface area contributed by atoms with E-state index in [-0.39, 0.29) is 12.2 Å². The summed E-state index contributed by atoms with van der Waals surface area (Å²) in [6, 6.07) is 16.2. The Balaban J connectivity index is 1.72. The average Bonchev–Trinajstić information content (AvgIpc) is 3.17. The number of nitrogens with zero attached hydrogens (tertiary/aromatic N) is 2. The number of nitrogens with one attached hydrogen (secondary N) is 1. The second-order valence-electron chi connectivity index (χ2n) is 6.62. The van der Waals surface area contributed by atoms with E-state index in [0.717, 1.165) is 16.6 Å². The Bertz CT molecular complexity index is 1240. The number of carbonyl (C=O) groups is 2. The molecule has 4 aromatic rings. The lowest BCUT2D eigenvalue weighted by Crippen LogP contribution is -2.31. The maximum Gasteiger partial charge on any atom is 0.294 e. The first-order valence-electron chi connectivity index (χ1n) is 9.24. The van der Waals surface area contributed by atoms with Crippen LogP contribution in [-0.4, -0.2) is 28.2 Å². The van der Waals surface area contributed by atoms with E-state index in [0.29, 0.717) is 16.3 Å². The van der Waals surface area contributed by atoms with Crippen LogP contribution >= 0.6 is 11.6 Å². The van der Waals surface area contributed by atoms with Gasteiger partial charge in [0.1, 0.15) is 11.4 Å². The molecule has 7 heteroatoms. The van der Waals surface area contributed by atoms with Crippen LogP contribution in [0.1, 0.15) is 16.1 Å². The largest absolute Gasteiger partial charge is 0.495 e. The van der Waals surface area contributed by atoms with Gasteiger partial charge >= 0.3 is 0 Å². The van der Waals surface area contributed by atoms with Crippen molar-refractivity contribution in [2.45, 2.75) is 6.54 Å². The van der Waals surface area contributed by atoms with Crippen LogP contribution in [0.4, 0.5) is 0 Å². The highest BCUT2D eigenvalue weighted by molar-refractivity contribution is 6.43. The molecule has 3 heterocycles. The molecule has 0 unspecified atom stereocenters. The van der Waals surface area contributed by atoms with Crippen LogP contribution in [-0.2, 0) is 11.3 Å². The first-order chi connectivity index (χ1) is 14.6. The highest BCUT2D eigenvalue weighted by Crippen LogP contribution is 2.33. The number of hydrogen-bond acceptors (Lipinski definition) is 4. The second kappa shape index (κ2) is 8.39. The predicted octanol–water partition coefficient (Wildman–Crippen LogP) is 4.16. The fourth-order valence-corrected chi connectivity index (χ4v) is 3.54. The lowest BCUT2D eigenvalue weighted by Gasteiger charge is -2.09. The summed E-state index contributed by atoms with van der Waals surface area (Å²) in [5.74, 6) is -0.777. The molecule has 30 heavy (non-hydrogen) atoms. The molecule has 0 atom stereocenters. The summed E-state index contributed by atoms with van der Waals surface area (Å²) in [7, 11) is 1.54. The topological polar surface area (TPSA) is 72.7 Å². The summed E-state index contributed by atoms with van der Waals surface area (Å²) in [5.41, 5.74) is 3.27. The second-order valence-corrected chi connectivity index (χ2v) is 7.03. The number of aromatic nitrogens is 2. The van der Waals surface area contributed by atoms with Gasteiger partial charge in [-0.1, -0.05) is 23.7 Å². The summed E-state index contributed by atoms with van der Waals surface area (Å²) < 4.78 is 6.92. The highest BCUT2D eigenvalue weighted by atomic mass is 35.5. The molecule has 0 aliphatic carbocycles. The van der Waals surface area contributed by atoms with Crippen LogP contribution in [0, 0.1) is 0 Å². The molecule has 0 saturated heterocycles. The molecule has 1 amide bonds. The molecule has 0 aliphatic rings. The Morgan fingerprint density at radius 2 is 1.90 bits per heavy atom. The zero-order valence-corrected chi connectivity index (χ0v) is 16.9. The molecular formula is C23H18ClN3O3. The van der Waals surface area contributed by atoms with Gasteiger partial charge in [-0.15, -0.1) is 0 Å². The van der Waals surface area contributed by atoms with E-state index < -0.39 is 11.7 Å². The molecule has 0 radical (unpaired) electrons. The number of Topliss-reactive ketones (excluding diaryl/α,β-unsaturated/α-hetero) is 1. The number of ketones is 1. The smallest absolute Gasteiger partial charge is 0.294 e. The minimum absolute atomic E-state index is 0.236. The van der Waals surface area contributed by atoms with E-state index in [1.807, 2.05) is 30.3 Å². The summed E-state index contributed by atoms with van der Waals surface area (Å²) in [6.45, 7) is 0.236. The molecule has 0 aliphatic heterocycles. The molecule has 1 aromatic carbocycles. The van der Waals surface area contributed by atoms with Crippen molar-refractivity contribution in [3.8, 4) is 16.9 Å². The quantitative estimate of drug-likeness (QED) is 0.376. The van der Waals surface area contributed by atoms with Gasteiger partial charge in [-0.3, -0.25) is 14.6 Å². The van der Waals surface area contributed by atoms with Crippen molar-refractivity contribution < 1.29 is 14.3 Å². The number of fused-ring (bicyclic) bond motifs is 1. The maximum atomic E-state index is 13.1. The number of carbonyl (C=O) groups excluding carboxylic acids is 2. The van der Waals surface area contributed by atoms with Crippen LogP contribution in [0.15, 0.2) is 73.2 Å². The molecule has 1 N–H and O–H groups in total. The minimum atomic E-state index is -0.684. The summed E-state index contributed by atoms with van der Waals surface area (Å²) in [4.78, 5) is 29.8. The van der Waals surface area contributed by atoms with E-state index in [1.54, 1.807) is 47.3 Å². The number of hydrogen-bond donors (Lipinski definition) is 1. The zero-order chi connectivity index (χ0) is 21.1. The number of halogens is 1. The van der Waals surface area contributed by atoms with Gasteiger partial charge < -0.3 is 14.5 Å². The molecule has 0 saturated carbocycles. The van der Waals surface area contributed by atoms with Crippen LogP contribution < -0.4 is 10.1 Å². The normalized spacial score (nSPS) is 10.7. The standard InChI is InChI=1S/C23H18ClN3O3/c1-30-20-6-5-16(12-19(20)24)18-13-17-4-2-3-11-27(17)21(18)22(28)23(29)26-14-15-7-9-25-10-8-15/h2-13H,14H2,1H3,(H,26,29). The summed E-state index contributed by atoms with van der Waals surface area (Å²) >= 11 is 6.29. The molecule has 3 aromatic heterocycles. The van der Waals surface area contributed by atoms with Gasteiger partial charge in [-0.05, 0) is 53.6 Å². The van der Waals surface area contributed by atoms with Gasteiger partial charge in [0.05, 0.1) is 12.1 Å². The van der Waals surface area contributed by atoms with E-state index in [4.69, 9.17) is 16.3 Å². The molecule has 0 fully saturated rings. The zero-order valence-electron chi connectivity index (χ0n) is 16.1. The summed E-state index contributed by atoms with van der Waals surface area (Å²) in [5, 5.41) is 3.11. The first kappa shape index (κ1) is 19.7. The third kappa shape index (κ3) is 3.77. The number of methoxy groups -OCH3 is 1. The van der Waals surface area contributed by atoms with Gasteiger partial charge in [-0.25, -0.2) is 0 Å². The Kier molecular flexibility index (Phi) is 5.50. The van der Waals surface area contributed by atoms with Crippen LogP contribution in [0.5, 0.6) is 5.75 Å². The third-order valence-electron chi connectivity index (χ3n) is 4.77. The number of benzene rings is 1. The fourth-order valence-electron chi connectivity index (χ4n) is 3.28. The van der Waals surface area contributed by atoms with E-state index in [1.165, 1.54) is 7.11 Å².